The first-order valence-electron chi connectivity index (χ1n) is 6.44. The third-order valence-electron chi connectivity index (χ3n) is 3.76. The highest BCUT2D eigenvalue weighted by atomic mass is 16.4. The number of rotatable bonds is 3. The average Bonchev–Trinajstić information content (AvgIpc) is 2.25. The molecule has 1 aliphatic rings. The van der Waals surface area contributed by atoms with E-state index >= 15 is 0 Å². The van der Waals surface area contributed by atoms with Gasteiger partial charge >= 0.3 is 5.97 Å². The van der Waals surface area contributed by atoms with Gasteiger partial charge in [0.2, 0.25) is 5.91 Å². The lowest BCUT2D eigenvalue weighted by Gasteiger charge is -2.35. The smallest absolute Gasteiger partial charge is 0.331 e. The largest absolute Gasteiger partial charge is 0.478 e. The molecule has 0 aromatic heterocycles. The summed E-state index contributed by atoms with van der Waals surface area (Å²) in [5.74, 6) is -1.29. The maximum Gasteiger partial charge on any atom is 0.331 e. The third kappa shape index (κ3) is 3.86. The van der Waals surface area contributed by atoms with Gasteiger partial charge in [-0.25, -0.2) is 4.79 Å². The van der Waals surface area contributed by atoms with Gasteiger partial charge in [-0.05, 0) is 38.5 Å². The Hall–Kier alpha value is -1.32. The van der Waals surface area contributed by atoms with Crippen molar-refractivity contribution in [1.82, 2.24) is 5.32 Å². The molecule has 102 valence electrons. The zero-order valence-electron chi connectivity index (χ0n) is 11.7. The van der Waals surface area contributed by atoms with Crippen LogP contribution in [0.25, 0.3) is 0 Å². The minimum atomic E-state index is -1.04. The van der Waals surface area contributed by atoms with Gasteiger partial charge in [0.1, 0.15) is 0 Å². The van der Waals surface area contributed by atoms with Gasteiger partial charge in [-0.3, -0.25) is 4.79 Å². The summed E-state index contributed by atoms with van der Waals surface area (Å²) in [4.78, 5) is 22.7. The van der Waals surface area contributed by atoms with Gasteiger partial charge in [0.05, 0.1) is 0 Å². The summed E-state index contributed by atoms with van der Waals surface area (Å²) in [6.45, 7) is 7.43. The molecule has 0 bridgehead atoms. The molecule has 1 atom stereocenters. The van der Waals surface area contributed by atoms with Crippen LogP contribution in [0.1, 0.15) is 53.4 Å². The summed E-state index contributed by atoms with van der Waals surface area (Å²) < 4.78 is 0. The summed E-state index contributed by atoms with van der Waals surface area (Å²) in [6.07, 6.45) is 4.23. The van der Waals surface area contributed by atoms with Crippen molar-refractivity contribution in [3.8, 4) is 0 Å². The molecular formula is C14H23NO3. The SMILES string of the molecule is CC(C(=O)O)=C(C)C(=O)NC1CCCC(C)(C)C1. The number of carbonyl (C=O) groups is 2. The van der Waals surface area contributed by atoms with Crippen LogP contribution in [0.4, 0.5) is 0 Å². The molecular weight excluding hydrogens is 230 g/mol. The Bertz CT molecular complexity index is 383. The summed E-state index contributed by atoms with van der Waals surface area (Å²) in [7, 11) is 0. The highest BCUT2D eigenvalue weighted by molar-refractivity contribution is 6.01. The molecule has 1 unspecified atom stereocenters. The van der Waals surface area contributed by atoms with E-state index in [1.165, 1.54) is 13.3 Å². The molecule has 1 fully saturated rings. The molecule has 18 heavy (non-hydrogen) atoms. The third-order valence-corrected chi connectivity index (χ3v) is 3.76. The van der Waals surface area contributed by atoms with Crippen LogP contribution < -0.4 is 5.32 Å². The Kier molecular flexibility index (Phi) is 4.54. The number of hydrogen-bond donors (Lipinski definition) is 2. The van der Waals surface area contributed by atoms with Crippen LogP contribution >= 0.6 is 0 Å². The topological polar surface area (TPSA) is 66.4 Å². The molecule has 1 saturated carbocycles. The number of carboxylic acid groups (broad SMARTS) is 1. The highest BCUT2D eigenvalue weighted by Crippen LogP contribution is 2.35. The molecule has 1 aliphatic carbocycles. The maximum absolute atomic E-state index is 11.9. The van der Waals surface area contributed by atoms with Crippen molar-refractivity contribution in [1.29, 1.82) is 0 Å². The molecule has 1 amide bonds. The minimum absolute atomic E-state index is 0.113. The van der Waals surface area contributed by atoms with Crippen molar-refractivity contribution in [2.24, 2.45) is 5.41 Å². The van der Waals surface area contributed by atoms with Gasteiger partial charge in [-0.15, -0.1) is 0 Å². The minimum Gasteiger partial charge on any atom is -0.478 e. The zero-order valence-corrected chi connectivity index (χ0v) is 11.7. The van der Waals surface area contributed by atoms with Gasteiger partial charge in [0.25, 0.3) is 0 Å². The van der Waals surface area contributed by atoms with Crippen molar-refractivity contribution in [3.05, 3.63) is 11.1 Å². The molecule has 4 nitrogen and oxygen atoms in total. The molecule has 0 aromatic rings. The van der Waals surface area contributed by atoms with Crippen LogP contribution in [-0.4, -0.2) is 23.0 Å². The Morgan fingerprint density at radius 1 is 1.22 bits per heavy atom. The summed E-state index contributed by atoms with van der Waals surface area (Å²) in [5, 5.41) is 11.8. The number of nitrogens with one attached hydrogen (secondary N) is 1. The highest BCUT2D eigenvalue weighted by Gasteiger charge is 2.29. The monoisotopic (exact) mass is 253 g/mol. The molecule has 0 radical (unpaired) electrons. The summed E-state index contributed by atoms with van der Waals surface area (Å²) in [6, 6.07) is 0.165. The van der Waals surface area contributed by atoms with E-state index in [0.717, 1.165) is 19.3 Å². The number of amides is 1. The lowest BCUT2D eigenvalue weighted by molar-refractivity contribution is -0.133. The molecule has 2 N–H and O–H groups in total. The van der Waals surface area contributed by atoms with E-state index in [1.807, 2.05) is 0 Å². The van der Waals surface area contributed by atoms with Crippen LogP contribution in [0.15, 0.2) is 11.1 Å². The van der Waals surface area contributed by atoms with Crippen LogP contribution in [0.5, 0.6) is 0 Å². The zero-order chi connectivity index (χ0) is 13.9. The van der Waals surface area contributed by atoms with E-state index in [1.54, 1.807) is 6.92 Å². The second kappa shape index (κ2) is 5.55. The molecule has 1 rings (SSSR count). The molecule has 0 heterocycles. The van der Waals surface area contributed by atoms with Gasteiger partial charge < -0.3 is 10.4 Å². The lowest BCUT2D eigenvalue weighted by atomic mass is 9.75. The Balaban J connectivity index is 2.66. The number of hydrogen-bond acceptors (Lipinski definition) is 2. The first kappa shape index (κ1) is 14.7. The standard InChI is InChI=1S/C14H23NO3/c1-9(10(2)13(17)18)12(16)15-11-6-5-7-14(3,4)8-11/h11H,5-8H2,1-4H3,(H,15,16)(H,17,18). The van der Waals surface area contributed by atoms with Crippen molar-refractivity contribution in [2.45, 2.75) is 59.4 Å². The fraction of sp³-hybridized carbons (Fsp3) is 0.714. The van der Waals surface area contributed by atoms with Crippen LogP contribution in [0.3, 0.4) is 0 Å². The first-order valence-corrected chi connectivity index (χ1v) is 6.44. The number of aliphatic carboxylic acids is 1. The fourth-order valence-electron chi connectivity index (χ4n) is 2.45. The normalized spacial score (nSPS) is 24.1. The van der Waals surface area contributed by atoms with Crippen molar-refractivity contribution < 1.29 is 14.7 Å². The second-order valence-corrected chi connectivity index (χ2v) is 5.99. The molecule has 0 saturated heterocycles. The quantitative estimate of drug-likeness (QED) is 0.759. The number of carboxylic acids is 1. The van der Waals surface area contributed by atoms with Gasteiger partial charge in [0.15, 0.2) is 0 Å². The van der Waals surface area contributed by atoms with Crippen molar-refractivity contribution in [3.63, 3.8) is 0 Å². The average molecular weight is 253 g/mol. The van der Waals surface area contributed by atoms with Crippen molar-refractivity contribution in [2.75, 3.05) is 0 Å². The van der Waals surface area contributed by atoms with E-state index in [0.29, 0.717) is 5.57 Å². The summed E-state index contributed by atoms with van der Waals surface area (Å²) in [5.41, 5.74) is 0.670. The van der Waals surface area contributed by atoms with Crippen molar-refractivity contribution >= 4 is 11.9 Å². The predicted octanol–water partition coefficient (Wildman–Crippen LogP) is 2.49. The lowest BCUT2D eigenvalue weighted by Crippen LogP contribution is -2.41. The van der Waals surface area contributed by atoms with Crippen LogP contribution in [0, 0.1) is 5.41 Å². The van der Waals surface area contributed by atoms with E-state index in [-0.39, 0.29) is 22.9 Å². The van der Waals surface area contributed by atoms with Gasteiger partial charge in [-0.2, -0.15) is 0 Å². The Labute approximate surface area is 108 Å². The van der Waals surface area contributed by atoms with Gasteiger partial charge in [0, 0.05) is 17.2 Å². The van der Waals surface area contributed by atoms with Gasteiger partial charge in [-0.1, -0.05) is 20.3 Å². The van der Waals surface area contributed by atoms with E-state index in [9.17, 15) is 9.59 Å². The van der Waals surface area contributed by atoms with Crippen LogP contribution in [-0.2, 0) is 9.59 Å². The van der Waals surface area contributed by atoms with E-state index < -0.39 is 5.97 Å². The fourth-order valence-corrected chi connectivity index (χ4v) is 2.45. The molecule has 0 spiro atoms. The maximum atomic E-state index is 11.9. The van der Waals surface area contributed by atoms with E-state index in [2.05, 4.69) is 19.2 Å². The molecule has 4 heteroatoms. The molecule has 0 aromatic carbocycles. The Morgan fingerprint density at radius 2 is 1.83 bits per heavy atom. The predicted molar refractivity (Wildman–Crippen MR) is 70.2 cm³/mol. The van der Waals surface area contributed by atoms with E-state index in [4.69, 9.17) is 5.11 Å². The Morgan fingerprint density at radius 3 is 2.33 bits per heavy atom. The first-order chi connectivity index (χ1) is 8.23. The molecule has 0 aliphatic heterocycles. The second-order valence-electron chi connectivity index (χ2n) is 5.99. The summed E-state index contributed by atoms with van der Waals surface area (Å²) >= 11 is 0. The van der Waals surface area contributed by atoms with Crippen LogP contribution in [0.2, 0.25) is 0 Å². The number of carbonyl (C=O) groups excluding carboxylic acids is 1.